The molecule has 0 aliphatic carbocycles. The topological polar surface area (TPSA) is 59.8 Å². The number of rotatable bonds is 2. The fourth-order valence-electron chi connectivity index (χ4n) is 1.58. The number of hydrogen-bond donors (Lipinski definition) is 1. The molecular formula is C8H12N4O. The van der Waals surface area contributed by atoms with Gasteiger partial charge < -0.3 is 5.32 Å². The van der Waals surface area contributed by atoms with Gasteiger partial charge in [0.2, 0.25) is 5.91 Å². The highest BCUT2D eigenvalue weighted by Crippen LogP contribution is 2.14. The Kier molecular flexibility index (Phi) is 2.00. The number of hydrogen-bond acceptors (Lipinski definition) is 3. The normalized spacial score (nSPS) is 21.9. The summed E-state index contributed by atoms with van der Waals surface area (Å²) in [6.45, 7) is 0.795. The minimum atomic E-state index is 0.0942. The highest BCUT2D eigenvalue weighted by molar-refractivity contribution is 5.80. The van der Waals surface area contributed by atoms with Gasteiger partial charge in [0.05, 0.1) is 5.69 Å². The molecule has 1 aromatic rings. The summed E-state index contributed by atoms with van der Waals surface area (Å²) in [6.07, 6.45) is 3.47. The molecule has 2 rings (SSSR count). The highest BCUT2D eigenvalue weighted by Gasteiger charge is 2.24. The van der Waals surface area contributed by atoms with Crippen molar-refractivity contribution in [2.45, 2.75) is 12.8 Å². The van der Waals surface area contributed by atoms with Gasteiger partial charge in [0.25, 0.3) is 0 Å². The molecule has 2 heterocycles. The SMILES string of the molecule is Cn1cc(CC2CCNC2=O)nn1. The minimum Gasteiger partial charge on any atom is -0.356 e. The molecule has 5 nitrogen and oxygen atoms in total. The zero-order valence-corrected chi connectivity index (χ0v) is 7.53. The number of aromatic nitrogens is 3. The highest BCUT2D eigenvalue weighted by atomic mass is 16.2. The largest absolute Gasteiger partial charge is 0.356 e. The molecule has 70 valence electrons. The van der Waals surface area contributed by atoms with E-state index in [2.05, 4.69) is 15.6 Å². The molecule has 1 saturated heterocycles. The Hall–Kier alpha value is -1.39. The van der Waals surface area contributed by atoms with Crippen molar-refractivity contribution < 1.29 is 4.79 Å². The van der Waals surface area contributed by atoms with Gasteiger partial charge in [-0.1, -0.05) is 5.21 Å². The van der Waals surface area contributed by atoms with E-state index in [-0.39, 0.29) is 11.8 Å². The quantitative estimate of drug-likeness (QED) is 0.667. The Morgan fingerprint density at radius 3 is 3.15 bits per heavy atom. The van der Waals surface area contributed by atoms with Gasteiger partial charge in [0.15, 0.2) is 0 Å². The van der Waals surface area contributed by atoms with Crippen LogP contribution in [-0.4, -0.2) is 27.4 Å². The van der Waals surface area contributed by atoms with Crippen molar-refractivity contribution in [3.05, 3.63) is 11.9 Å². The number of carbonyl (C=O) groups excluding carboxylic acids is 1. The van der Waals surface area contributed by atoms with Crippen LogP contribution in [0.25, 0.3) is 0 Å². The van der Waals surface area contributed by atoms with Crippen LogP contribution in [0.5, 0.6) is 0 Å². The lowest BCUT2D eigenvalue weighted by Gasteiger charge is -2.01. The van der Waals surface area contributed by atoms with Crippen LogP contribution < -0.4 is 5.32 Å². The van der Waals surface area contributed by atoms with Gasteiger partial charge in [-0.15, -0.1) is 5.10 Å². The second kappa shape index (κ2) is 3.16. The third kappa shape index (κ3) is 1.68. The maximum Gasteiger partial charge on any atom is 0.223 e. The summed E-state index contributed by atoms with van der Waals surface area (Å²) in [7, 11) is 1.82. The van der Waals surface area contributed by atoms with Gasteiger partial charge in [-0.2, -0.15) is 0 Å². The molecule has 1 fully saturated rings. The lowest BCUT2D eigenvalue weighted by Crippen LogP contribution is -2.20. The van der Waals surface area contributed by atoms with E-state index in [1.165, 1.54) is 0 Å². The molecule has 0 aromatic carbocycles. The zero-order chi connectivity index (χ0) is 9.26. The summed E-state index contributed by atoms with van der Waals surface area (Å²) in [5.41, 5.74) is 0.893. The van der Waals surface area contributed by atoms with E-state index in [1.54, 1.807) is 4.68 Å². The summed E-state index contributed by atoms with van der Waals surface area (Å²) >= 11 is 0. The number of amides is 1. The van der Waals surface area contributed by atoms with E-state index >= 15 is 0 Å². The molecule has 1 aliphatic rings. The summed E-state index contributed by atoms with van der Waals surface area (Å²) < 4.78 is 1.65. The fourth-order valence-corrected chi connectivity index (χ4v) is 1.58. The predicted molar refractivity (Wildman–Crippen MR) is 45.8 cm³/mol. The Bertz CT molecular complexity index is 320. The van der Waals surface area contributed by atoms with E-state index in [9.17, 15) is 4.79 Å². The molecule has 13 heavy (non-hydrogen) atoms. The molecular weight excluding hydrogens is 168 g/mol. The van der Waals surface area contributed by atoms with Crippen LogP contribution in [0.15, 0.2) is 6.20 Å². The van der Waals surface area contributed by atoms with Crippen molar-refractivity contribution in [3.63, 3.8) is 0 Å². The fraction of sp³-hybridized carbons (Fsp3) is 0.625. The van der Waals surface area contributed by atoms with Crippen molar-refractivity contribution in [1.29, 1.82) is 0 Å². The molecule has 5 heteroatoms. The first-order valence-corrected chi connectivity index (χ1v) is 4.38. The van der Waals surface area contributed by atoms with Crippen LogP contribution in [-0.2, 0) is 18.3 Å². The second-order valence-corrected chi connectivity index (χ2v) is 3.36. The van der Waals surface area contributed by atoms with E-state index in [1.807, 2.05) is 13.2 Å². The lowest BCUT2D eigenvalue weighted by molar-refractivity contribution is -0.122. The maximum atomic E-state index is 11.2. The van der Waals surface area contributed by atoms with E-state index < -0.39 is 0 Å². The van der Waals surface area contributed by atoms with E-state index in [0.717, 1.165) is 18.7 Å². The van der Waals surface area contributed by atoms with Gasteiger partial charge in [0, 0.05) is 32.1 Å². The average molecular weight is 180 g/mol. The second-order valence-electron chi connectivity index (χ2n) is 3.36. The molecule has 1 aromatic heterocycles. The number of nitrogens with zero attached hydrogens (tertiary/aromatic N) is 3. The smallest absolute Gasteiger partial charge is 0.223 e. The van der Waals surface area contributed by atoms with Crippen LogP contribution in [0.3, 0.4) is 0 Å². The molecule has 0 spiro atoms. The lowest BCUT2D eigenvalue weighted by atomic mass is 10.0. The number of carbonyl (C=O) groups is 1. The molecule has 1 atom stereocenters. The first kappa shape index (κ1) is 8.22. The molecule has 0 radical (unpaired) electrons. The van der Waals surface area contributed by atoms with Gasteiger partial charge in [0.1, 0.15) is 0 Å². The molecule has 1 aliphatic heterocycles. The zero-order valence-electron chi connectivity index (χ0n) is 7.53. The van der Waals surface area contributed by atoms with E-state index in [0.29, 0.717) is 6.42 Å². The first-order chi connectivity index (χ1) is 6.25. The van der Waals surface area contributed by atoms with Crippen LogP contribution in [0.1, 0.15) is 12.1 Å². The Morgan fingerprint density at radius 1 is 1.77 bits per heavy atom. The van der Waals surface area contributed by atoms with Crippen molar-refractivity contribution in [3.8, 4) is 0 Å². The van der Waals surface area contributed by atoms with Crippen LogP contribution in [0, 0.1) is 5.92 Å². The van der Waals surface area contributed by atoms with Crippen molar-refractivity contribution in [1.82, 2.24) is 20.3 Å². The van der Waals surface area contributed by atoms with Gasteiger partial charge in [-0.25, -0.2) is 0 Å². The molecule has 0 bridgehead atoms. The summed E-state index contributed by atoms with van der Waals surface area (Å²) in [6, 6.07) is 0. The summed E-state index contributed by atoms with van der Waals surface area (Å²) in [4.78, 5) is 11.2. The van der Waals surface area contributed by atoms with Crippen molar-refractivity contribution in [2.75, 3.05) is 6.54 Å². The molecule has 1 amide bonds. The third-order valence-electron chi connectivity index (χ3n) is 2.27. The average Bonchev–Trinajstić information content (AvgIpc) is 2.64. The van der Waals surface area contributed by atoms with Crippen LogP contribution >= 0.6 is 0 Å². The van der Waals surface area contributed by atoms with Crippen LogP contribution in [0.2, 0.25) is 0 Å². The van der Waals surface area contributed by atoms with Crippen molar-refractivity contribution in [2.24, 2.45) is 13.0 Å². The van der Waals surface area contributed by atoms with Gasteiger partial charge in [-0.3, -0.25) is 9.48 Å². The van der Waals surface area contributed by atoms with Gasteiger partial charge >= 0.3 is 0 Å². The minimum absolute atomic E-state index is 0.0942. The van der Waals surface area contributed by atoms with Crippen LogP contribution in [0.4, 0.5) is 0 Å². The van der Waals surface area contributed by atoms with Gasteiger partial charge in [-0.05, 0) is 6.42 Å². The Labute approximate surface area is 76.1 Å². The molecule has 0 saturated carbocycles. The number of aryl methyl sites for hydroxylation is 1. The Balaban J connectivity index is 2.01. The first-order valence-electron chi connectivity index (χ1n) is 4.38. The molecule has 1 unspecified atom stereocenters. The summed E-state index contributed by atoms with van der Waals surface area (Å²) in [5.74, 6) is 0.238. The molecule has 1 N–H and O–H groups in total. The maximum absolute atomic E-state index is 11.2. The number of nitrogens with one attached hydrogen (secondary N) is 1. The summed E-state index contributed by atoms with van der Waals surface area (Å²) in [5, 5.41) is 10.6. The third-order valence-corrected chi connectivity index (χ3v) is 2.27. The Morgan fingerprint density at radius 2 is 2.62 bits per heavy atom. The monoisotopic (exact) mass is 180 g/mol. The van der Waals surface area contributed by atoms with Crippen molar-refractivity contribution >= 4 is 5.91 Å². The standard InChI is InChI=1S/C8H12N4O/c1-12-5-7(10-11-12)4-6-2-3-9-8(6)13/h5-6H,2-4H2,1H3,(H,9,13). The predicted octanol–water partition coefficient (Wildman–Crippen LogP) is -0.506. The van der Waals surface area contributed by atoms with E-state index in [4.69, 9.17) is 0 Å².